The van der Waals surface area contributed by atoms with Crippen molar-refractivity contribution in [1.29, 1.82) is 0 Å². The van der Waals surface area contributed by atoms with Crippen LogP contribution in [0.1, 0.15) is 36.0 Å². The fourth-order valence-electron chi connectivity index (χ4n) is 3.31. The Morgan fingerprint density at radius 1 is 1.12 bits per heavy atom. The number of oxime groups is 1. The van der Waals surface area contributed by atoms with Crippen LogP contribution in [0.5, 0.6) is 0 Å². The maximum absolute atomic E-state index is 12.7. The number of hydrogen-bond donors (Lipinski definition) is 0. The molecule has 1 unspecified atom stereocenters. The van der Waals surface area contributed by atoms with Gasteiger partial charge in [-0.15, -0.1) is 0 Å². The Bertz CT molecular complexity index is 795. The van der Waals surface area contributed by atoms with E-state index in [2.05, 4.69) is 48.5 Å². The fourth-order valence-corrected chi connectivity index (χ4v) is 3.31. The van der Waals surface area contributed by atoms with Gasteiger partial charge in [-0.1, -0.05) is 65.3 Å². The van der Waals surface area contributed by atoms with Crippen molar-refractivity contribution in [2.24, 2.45) is 11.1 Å². The van der Waals surface area contributed by atoms with Gasteiger partial charge in [0.05, 0.1) is 12.3 Å². The van der Waals surface area contributed by atoms with Gasteiger partial charge in [0, 0.05) is 18.9 Å². The van der Waals surface area contributed by atoms with Gasteiger partial charge >= 0.3 is 0 Å². The molecule has 1 heterocycles. The molecule has 4 rings (SSSR count). The number of benzene rings is 2. The molecule has 0 spiro atoms. The van der Waals surface area contributed by atoms with Gasteiger partial charge in [-0.2, -0.15) is 0 Å². The first-order chi connectivity index (χ1) is 12.7. The van der Waals surface area contributed by atoms with Crippen LogP contribution in [0.4, 0.5) is 0 Å². The molecule has 1 amide bonds. The number of rotatable bonds is 6. The molecule has 134 valence electrons. The molecule has 2 aromatic carbocycles. The lowest BCUT2D eigenvalue weighted by molar-refractivity contribution is -0.135. The van der Waals surface area contributed by atoms with Crippen molar-refractivity contribution >= 4 is 11.6 Å². The second kappa shape index (κ2) is 7.32. The molecule has 1 aliphatic heterocycles. The van der Waals surface area contributed by atoms with E-state index in [-0.39, 0.29) is 17.9 Å². The van der Waals surface area contributed by atoms with Gasteiger partial charge in [0.1, 0.15) is 0 Å². The second-order valence-corrected chi connectivity index (χ2v) is 7.31. The number of carbonyl (C=O) groups is 1. The quantitative estimate of drug-likeness (QED) is 0.794. The molecule has 0 aromatic heterocycles. The van der Waals surface area contributed by atoms with Crippen molar-refractivity contribution in [2.75, 3.05) is 6.54 Å². The van der Waals surface area contributed by atoms with Gasteiger partial charge < -0.3 is 9.74 Å². The average Bonchev–Trinajstić information content (AvgIpc) is 3.41. The molecule has 1 atom stereocenters. The van der Waals surface area contributed by atoms with Crippen LogP contribution in [-0.2, 0) is 16.2 Å². The third-order valence-corrected chi connectivity index (χ3v) is 5.00. The SMILES string of the molecule is Cc1ccc(C2=NOC(CN(Cc3ccccc3)C(=O)C3CC3)C2)cc1. The summed E-state index contributed by atoms with van der Waals surface area (Å²) in [5, 5.41) is 4.28. The summed E-state index contributed by atoms with van der Waals surface area (Å²) >= 11 is 0. The predicted octanol–water partition coefficient (Wildman–Crippen LogP) is 3.93. The van der Waals surface area contributed by atoms with E-state index in [9.17, 15) is 4.79 Å². The molecule has 4 heteroatoms. The minimum atomic E-state index is -0.0716. The van der Waals surface area contributed by atoms with Crippen molar-refractivity contribution in [3.63, 3.8) is 0 Å². The van der Waals surface area contributed by atoms with E-state index in [1.54, 1.807) is 0 Å². The molecule has 0 radical (unpaired) electrons. The van der Waals surface area contributed by atoms with Crippen LogP contribution in [0, 0.1) is 12.8 Å². The van der Waals surface area contributed by atoms with Crippen molar-refractivity contribution in [2.45, 2.75) is 38.8 Å². The molecular weight excluding hydrogens is 324 g/mol. The second-order valence-electron chi connectivity index (χ2n) is 7.31. The molecule has 4 nitrogen and oxygen atoms in total. The van der Waals surface area contributed by atoms with Gasteiger partial charge in [-0.05, 0) is 30.9 Å². The van der Waals surface area contributed by atoms with Crippen LogP contribution in [0.25, 0.3) is 0 Å². The highest BCUT2D eigenvalue weighted by atomic mass is 16.6. The Kier molecular flexibility index (Phi) is 4.74. The summed E-state index contributed by atoms with van der Waals surface area (Å²) in [6, 6.07) is 18.5. The number of carbonyl (C=O) groups excluding carboxylic acids is 1. The first-order valence-electron chi connectivity index (χ1n) is 9.31. The van der Waals surface area contributed by atoms with E-state index in [0.717, 1.165) is 36.1 Å². The van der Waals surface area contributed by atoms with Crippen LogP contribution in [0.2, 0.25) is 0 Å². The summed E-state index contributed by atoms with van der Waals surface area (Å²) < 4.78 is 0. The molecule has 26 heavy (non-hydrogen) atoms. The Morgan fingerprint density at radius 2 is 1.85 bits per heavy atom. The van der Waals surface area contributed by atoms with Crippen LogP contribution in [0.3, 0.4) is 0 Å². The monoisotopic (exact) mass is 348 g/mol. The third kappa shape index (κ3) is 3.96. The predicted molar refractivity (Wildman–Crippen MR) is 102 cm³/mol. The molecule has 0 bridgehead atoms. The van der Waals surface area contributed by atoms with Crippen LogP contribution >= 0.6 is 0 Å². The smallest absolute Gasteiger partial charge is 0.226 e. The van der Waals surface area contributed by atoms with Gasteiger partial charge in [0.25, 0.3) is 0 Å². The molecule has 1 fully saturated rings. The van der Waals surface area contributed by atoms with E-state index >= 15 is 0 Å². The number of hydrogen-bond acceptors (Lipinski definition) is 3. The van der Waals surface area contributed by atoms with E-state index in [1.807, 2.05) is 23.1 Å². The van der Waals surface area contributed by atoms with Crippen molar-refractivity contribution in [1.82, 2.24) is 4.90 Å². The number of amides is 1. The zero-order chi connectivity index (χ0) is 17.9. The average molecular weight is 348 g/mol. The van der Waals surface area contributed by atoms with Gasteiger partial charge in [-0.25, -0.2) is 0 Å². The summed E-state index contributed by atoms with van der Waals surface area (Å²) in [7, 11) is 0. The van der Waals surface area contributed by atoms with Crippen LogP contribution in [-0.4, -0.2) is 29.2 Å². The fraction of sp³-hybridized carbons (Fsp3) is 0.364. The summed E-state index contributed by atoms with van der Waals surface area (Å²) in [5.41, 5.74) is 4.45. The Morgan fingerprint density at radius 3 is 2.54 bits per heavy atom. The van der Waals surface area contributed by atoms with E-state index in [4.69, 9.17) is 4.84 Å². The first kappa shape index (κ1) is 16.8. The lowest BCUT2D eigenvalue weighted by atomic mass is 10.0. The minimum absolute atomic E-state index is 0.0716. The van der Waals surface area contributed by atoms with Crippen molar-refractivity contribution in [3.8, 4) is 0 Å². The zero-order valence-corrected chi connectivity index (χ0v) is 15.1. The highest BCUT2D eigenvalue weighted by Crippen LogP contribution is 2.32. The maximum Gasteiger partial charge on any atom is 0.226 e. The lowest BCUT2D eigenvalue weighted by Crippen LogP contribution is -2.38. The minimum Gasteiger partial charge on any atom is -0.390 e. The molecule has 0 N–H and O–H groups in total. The first-order valence-corrected chi connectivity index (χ1v) is 9.31. The standard InChI is InChI=1S/C22H24N2O2/c1-16-7-9-18(10-8-16)21-13-20(26-23-21)15-24(22(25)19-11-12-19)14-17-5-3-2-4-6-17/h2-10,19-20H,11-15H2,1H3. The normalized spacial score (nSPS) is 19.0. The Balaban J connectivity index is 1.41. The molecule has 0 saturated heterocycles. The van der Waals surface area contributed by atoms with E-state index in [0.29, 0.717) is 13.1 Å². The van der Waals surface area contributed by atoms with Crippen LogP contribution in [0.15, 0.2) is 59.8 Å². The van der Waals surface area contributed by atoms with Gasteiger partial charge in [-0.3, -0.25) is 4.79 Å². The van der Waals surface area contributed by atoms with Crippen LogP contribution < -0.4 is 0 Å². The maximum atomic E-state index is 12.7. The highest BCUT2D eigenvalue weighted by Gasteiger charge is 2.35. The molecule has 2 aliphatic rings. The summed E-state index contributed by atoms with van der Waals surface area (Å²) in [6.45, 7) is 3.30. The third-order valence-electron chi connectivity index (χ3n) is 5.00. The summed E-state index contributed by atoms with van der Waals surface area (Å²) in [5.74, 6) is 0.457. The number of nitrogens with zero attached hydrogens (tertiary/aromatic N) is 2. The lowest BCUT2D eigenvalue weighted by Gasteiger charge is -2.25. The van der Waals surface area contributed by atoms with Crippen molar-refractivity contribution < 1.29 is 9.63 Å². The van der Waals surface area contributed by atoms with E-state index in [1.165, 1.54) is 5.56 Å². The molecule has 1 saturated carbocycles. The largest absolute Gasteiger partial charge is 0.390 e. The number of aryl methyl sites for hydroxylation is 1. The molecule has 1 aliphatic carbocycles. The van der Waals surface area contributed by atoms with Crippen molar-refractivity contribution in [3.05, 3.63) is 71.3 Å². The molecule has 2 aromatic rings. The Labute approximate surface area is 154 Å². The Hall–Kier alpha value is -2.62. The topological polar surface area (TPSA) is 41.9 Å². The van der Waals surface area contributed by atoms with Gasteiger partial charge in [0.2, 0.25) is 5.91 Å². The van der Waals surface area contributed by atoms with E-state index < -0.39 is 0 Å². The highest BCUT2D eigenvalue weighted by molar-refractivity contribution is 6.01. The van der Waals surface area contributed by atoms with Gasteiger partial charge in [0.15, 0.2) is 6.10 Å². The summed E-state index contributed by atoms with van der Waals surface area (Å²) in [4.78, 5) is 20.3. The summed E-state index contributed by atoms with van der Waals surface area (Å²) in [6.07, 6.45) is 2.70. The zero-order valence-electron chi connectivity index (χ0n) is 15.1. The molecular formula is C22H24N2O2.